The third-order valence-electron chi connectivity index (χ3n) is 4.36. The number of hydrogen-bond donors (Lipinski definition) is 3. The lowest BCUT2D eigenvalue weighted by molar-refractivity contribution is -0.999. The molecule has 2 aromatic rings. The average molecular weight is 348 g/mol. The van der Waals surface area contributed by atoms with Gasteiger partial charge in [0.25, 0.3) is 5.91 Å². The molecular weight excluding hydrogens is 324 g/mol. The van der Waals surface area contributed by atoms with Crippen molar-refractivity contribution in [2.24, 2.45) is 0 Å². The second-order valence-corrected chi connectivity index (χ2v) is 7.06. The van der Waals surface area contributed by atoms with Crippen LogP contribution in [0.3, 0.4) is 0 Å². The zero-order chi connectivity index (χ0) is 16.9. The van der Waals surface area contributed by atoms with E-state index >= 15 is 0 Å². The molecule has 0 atom stereocenters. The average Bonchev–Trinajstić information content (AvgIpc) is 3.05. The van der Waals surface area contributed by atoms with E-state index in [1.165, 1.54) is 16.2 Å². The zero-order valence-electron chi connectivity index (χ0n) is 14.1. The minimum atomic E-state index is 0.0418. The Labute approximate surface area is 146 Å². The van der Waals surface area contributed by atoms with E-state index in [1.807, 2.05) is 29.6 Å². The molecule has 0 radical (unpaired) electrons. The molecule has 24 heavy (non-hydrogen) atoms. The second-order valence-electron chi connectivity index (χ2n) is 6.20. The first-order valence-corrected chi connectivity index (χ1v) is 9.06. The number of piperazine rings is 1. The van der Waals surface area contributed by atoms with Crippen molar-refractivity contribution in [3.8, 4) is 17.0 Å². The van der Waals surface area contributed by atoms with Crippen LogP contribution in [-0.4, -0.2) is 57.8 Å². The van der Waals surface area contributed by atoms with Crippen LogP contribution in [0.15, 0.2) is 29.6 Å². The van der Waals surface area contributed by atoms with Gasteiger partial charge in [0.1, 0.15) is 31.9 Å². The highest BCUT2D eigenvalue weighted by Crippen LogP contribution is 2.26. The van der Waals surface area contributed by atoms with Crippen molar-refractivity contribution in [3.05, 3.63) is 29.6 Å². The third kappa shape index (κ3) is 4.31. The lowest BCUT2D eigenvalue weighted by Gasteiger charge is -2.26. The van der Waals surface area contributed by atoms with E-state index in [0.717, 1.165) is 43.2 Å². The molecule has 1 fully saturated rings. The van der Waals surface area contributed by atoms with Gasteiger partial charge in [-0.05, 0) is 24.3 Å². The summed E-state index contributed by atoms with van der Waals surface area (Å²) in [6.07, 6.45) is 0. The lowest BCUT2D eigenvalue weighted by Crippen LogP contribution is -3.27. The Hall–Kier alpha value is -1.96. The molecule has 1 aromatic heterocycles. The van der Waals surface area contributed by atoms with Crippen LogP contribution in [-0.2, 0) is 4.79 Å². The van der Waals surface area contributed by atoms with Crippen LogP contribution in [0, 0.1) is 0 Å². The van der Waals surface area contributed by atoms with Crippen LogP contribution in [0.2, 0.25) is 0 Å². The highest BCUT2D eigenvalue weighted by atomic mass is 32.1. The molecule has 0 spiro atoms. The van der Waals surface area contributed by atoms with E-state index in [2.05, 4.69) is 17.3 Å². The standard InChI is InChI=1S/C17H22N4O2S/c1-20-7-9-21(10-8-20)11-16(22)19-17-18-15(12-24-17)13-3-5-14(23-2)6-4-13/h3-6,12H,7-11H2,1-2H3,(H,18,19,22)/p+2. The molecule has 1 aliphatic heterocycles. The van der Waals surface area contributed by atoms with Crippen molar-refractivity contribution in [1.82, 2.24) is 4.98 Å². The van der Waals surface area contributed by atoms with Gasteiger partial charge < -0.3 is 14.5 Å². The van der Waals surface area contributed by atoms with Crippen molar-refractivity contribution in [3.63, 3.8) is 0 Å². The number of nitrogens with zero attached hydrogens (tertiary/aromatic N) is 1. The van der Waals surface area contributed by atoms with E-state index in [-0.39, 0.29) is 5.91 Å². The number of methoxy groups -OCH3 is 1. The van der Waals surface area contributed by atoms with Crippen LogP contribution < -0.4 is 19.9 Å². The van der Waals surface area contributed by atoms with Crippen molar-refractivity contribution < 1.29 is 19.3 Å². The number of carbonyl (C=O) groups is 1. The molecule has 7 heteroatoms. The maximum Gasteiger partial charge on any atom is 0.281 e. The highest BCUT2D eigenvalue weighted by Gasteiger charge is 2.22. The molecule has 0 unspecified atom stereocenters. The molecule has 0 saturated carbocycles. The van der Waals surface area contributed by atoms with Crippen molar-refractivity contribution in [1.29, 1.82) is 0 Å². The molecule has 1 saturated heterocycles. The van der Waals surface area contributed by atoms with Crippen LogP contribution in [0.25, 0.3) is 11.3 Å². The van der Waals surface area contributed by atoms with E-state index in [0.29, 0.717) is 11.7 Å². The topological polar surface area (TPSA) is 60.1 Å². The first kappa shape index (κ1) is 16.9. The largest absolute Gasteiger partial charge is 0.497 e. The van der Waals surface area contributed by atoms with Gasteiger partial charge in [-0.1, -0.05) is 0 Å². The molecular formula is C17H24N4O2S+2. The third-order valence-corrected chi connectivity index (χ3v) is 5.12. The normalized spacial score (nSPS) is 20.6. The van der Waals surface area contributed by atoms with Gasteiger partial charge in [-0.15, -0.1) is 11.3 Å². The summed E-state index contributed by atoms with van der Waals surface area (Å²) in [5.74, 6) is 0.861. The Bertz CT molecular complexity index is 678. The quantitative estimate of drug-likeness (QED) is 0.661. The molecule has 128 valence electrons. The molecule has 3 rings (SSSR count). The maximum atomic E-state index is 12.2. The number of amides is 1. The van der Waals surface area contributed by atoms with E-state index < -0.39 is 0 Å². The fraction of sp³-hybridized carbons (Fsp3) is 0.412. The predicted molar refractivity (Wildman–Crippen MR) is 94.9 cm³/mol. The van der Waals surface area contributed by atoms with Gasteiger partial charge in [0.15, 0.2) is 11.7 Å². The van der Waals surface area contributed by atoms with Gasteiger partial charge in [0.2, 0.25) is 0 Å². The van der Waals surface area contributed by atoms with Crippen molar-refractivity contribution >= 4 is 22.4 Å². The summed E-state index contributed by atoms with van der Waals surface area (Å²) in [5.41, 5.74) is 1.88. The summed E-state index contributed by atoms with van der Waals surface area (Å²) in [4.78, 5) is 19.6. The molecule has 0 aliphatic carbocycles. The summed E-state index contributed by atoms with van der Waals surface area (Å²) in [7, 11) is 3.85. The van der Waals surface area contributed by atoms with Crippen molar-refractivity contribution in [2.75, 3.05) is 52.2 Å². The highest BCUT2D eigenvalue weighted by molar-refractivity contribution is 7.14. The SMILES string of the molecule is COc1ccc(-c2csc(NC(=O)C[NH+]3CC[NH+](C)CC3)n2)cc1. The number of quaternary nitrogens is 2. The van der Waals surface area contributed by atoms with E-state index in [1.54, 1.807) is 12.0 Å². The molecule has 1 aromatic carbocycles. The Kier molecular flexibility index (Phi) is 5.44. The van der Waals surface area contributed by atoms with Gasteiger partial charge in [0.05, 0.1) is 19.9 Å². The van der Waals surface area contributed by atoms with Crippen LogP contribution in [0.5, 0.6) is 5.75 Å². The summed E-state index contributed by atoms with van der Waals surface area (Å²) in [6.45, 7) is 4.87. The number of rotatable bonds is 5. The molecule has 3 N–H and O–H groups in total. The van der Waals surface area contributed by atoms with Gasteiger partial charge >= 0.3 is 0 Å². The van der Waals surface area contributed by atoms with Gasteiger partial charge in [-0.25, -0.2) is 4.98 Å². The number of benzene rings is 1. The Morgan fingerprint density at radius 2 is 1.96 bits per heavy atom. The number of hydrogen-bond acceptors (Lipinski definition) is 4. The monoisotopic (exact) mass is 348 g/mol. The van der Waals surface area contributed by atoms with Gasteiger partial charge in [-0.3, -0.25) is 10.1 Å². The number of thiazole rings is 1. The fourth-order valence-electron chi connectivity index (χ4n) is 2.82. The minimum Gasteiger partial charge on any atom is -0.497 e. The van der Waals surface area contributed by atoms with E-state index in [9.17, 15) is 4.79 Å². The Morgan fingerprint density at radius 3 is 2.62 bits per heavy atom. The first-order chi connectivity index (χ1) is 11.6. The summed E-state index contributed by atoms with van der Waals surface area (Å²) in [5, 5.41) is 5.55. The predicted octanol–water partition coefficient (Wildman–Crippen LogP) is -0.830. The summed E-state index contributed by atoms with van der Waals surface area (Å²) >= 11 is 1.46. The molecule has 6 nitrogen and oxygen atoms in total. The first-order valence-electron chi connectivity index (χ1n) is 8.18. The lowest BCUT2D eigenvalue weighted by atomic mass is 10.2. The van der Waals surface area contributed by atoms with Crippen LogP contribution >= 0.6 is 11.3 Å². The number of ether oxygens (including phenoxy) is 1. The molecule has 0 bridgehead atoms. The number of likely N-dealkylation sites (N-methyl/N-ethyl adjacent to an activating group) is 1. The number of nitrogens with one attached hydrogen (secondary N) is 3. The van der Waals surface area contributed by atoms with Crippen molar-refractivity contribution in [2.45, 2.75) is 0 Å². The van der Waals surface area contributed by atoms with Gasteiger partial charge in [0, 0.05) is 10.9 Å². The zero-order valence-corrected chi connectivity index (χ0v) is 14.9. The Morgan fingerprint density at radius 1 is 1.25 bits per heavy atom. The van der Waals surface area contributed by atoms with E-state index in [4.69, 9.17) is 4.74 Å². The van der Waals surface area contributed by atoms with Crippen LogP contribution in [0.1, 0.15) is 0 Å². The van der Waals surface area contributed by atoms with Crippen LogP contribution in [0.4, 0.5) is 5.13 Å². The molecule has 1 amide bonds. The molecule has 1 aliphatic rings. The summed E-state index contributed by atoms with van der Waals surface area (Å²) < 4.78 is 5.16. The smallest absolute Gasteiger partial charge is 0.281 e. The number of aromatic nitrogens is 1. The number of carbonyl (C=O) groups excluding carboxylic acids is 1. The second kappa shape index (κ2) is 7.74. The number of anilines is 1. The Balaban J connectivity index is 1.56. The van der Waals surface area contributed by atoms with Gasteiger partial charge in [-0.2, -0.15) is 0 Å². The minimum absolute atomic E-state index is 0.0418. The fourth-order valence-corrected chi connectivity index (χ4v) is 3.56. The molecule has 2 heterocycles. The maximum absolute atomic E-state index is 12.2. The summed E-state index contributed by atoms with van der Waals surface area (Å²) in [6, 6.07) is 7.75.